The second-order valence-electron chi connectivity index (χ2n) is 6.13. The number of methoxy groups -OCH3 is 1. The molecule has 2 aromatic carbocycles. The summed E-state index contributed by atoms with van der Waals surface area (Å²) >= 11 is 0. The lowest BCUT2D eigenvalue weighted by Gasteiger charge is -2.10. The molecule has 0 unspecified atom stereocenters. The van der Waals surface area contributed by atoms with Gasteiger partial charge in [-0.05, 0) is 48.0 Å². The molecule has 0 spiro atoms. The fraction of sp³-hybridized carbons (Fsp3) is 0.250. The Labute approximate surface area is 151 Å². The minimum Gasteiger partial charge on any atom is -0.497 e. The van der Waals surface area contributed by atoms with Gasteiger partial charge in [-0.25, -0.2) is 0 Å². The fourth-order valence-electron chi connectivity index (χ4n) is 2.92. The molecule has 0 fully saturated rings. The molecule has 3 rings (SSSR count). The number of nitrogens with one attached hydrogen (secondary N) is 1. The number of Topliss-reactive ketones (excluding diaryl/α,β-unsaturated/α-hetero) is 1. The van der Waals surface area contributed by atoms with E-state index in [-0.39, 0.29) is 30.6 Å². The van der Waals surface area contributed by atoms with Crippen molar-refractivity contribution >= 4 is 23.3 Å². The lowest BCUT2D eigenvalue weighted by molar-refractivity contribution is -0.117. The number of hydrogen-bond acceptors (Lipinski definition) is 4. The predicted molar refractivity (Wildman–Crippen MR) is 97.8 cm³/mol. The molecule has 1 heterocycles. The molecule has 6 heteroatoms. The minimum atomic E-state index is -0.235. The molecule has 6 nitrogen and oxygen atoms in total. The first-order valence-electron chi connectivity index (χ1n) is 8.34. The standard InChI is InChI=1S/C20H20N2O4/c1-22-17-8-5-14(11-15(17)12-19(22)24)18(23)9-10-21-20(25)13-3-6-16(26-2)7-4-13/h3-8,11H,9-10,12H2,1-2H3,(H,21,25). The van der Waals surface area contributed by atoms with Crippen molar-refractivity contribution < 1.29 is 19.1 Å². The third-order valence-corrected chi connectivity index (χ3v) is 4.47. The van der Waals surface area contributed by atoms with E-state index in [9.17, 15) is 14.4 Å². The Hall–Kier alpha value is -3.15. The Balaban J connectivity index is 1.55. The molecule has 134 valence electrons. The molecule has 2 aromatic rings. The van der Waals surface area contributed by atoms with E-state index in [4.69, 9.17) is 4.74 Å². The number of anilines is 1. The molecule has 0 aliphatic carbocycles. The summed E-state index contributed by atoms with van der Waals surface area (Å²) in [6, 6.07) is 12.1. The maximum Gasteiger partial charge on any atom is 0.251 e. The van der Waals surface area contributed by atoms with Crippen molar-refractivity contribution in [1.29, 1.82) is 0 Å². The van der Waals surface area contributed by atoms with E-state index in [0.29, 0.717) is 23.3 Å². The summed E-state index contributed by atoms with van der Waals surface area (Å²) < 4.78 is 5.06. The number of carbonyl (C=O) groups excluding carboxylic acids is 3. The van der Waals surface area contributed by atoms with Crippen LogP contribution in [-0.2, 0) is 11.2 Å². The summed E-state index contributed by atoms with van der Waals surface area (Å²) in [7, 11) is 3.29. The normalized spacial score (nSPS) is 12.7. The van der Waals surface area contributed by atoms with E-state index in [0.717, 1.165) is 11.3 Å². The zero-order chi connectivity index (χ0) is 18.7. The highest BCUT2D eigenvalue weighted by Crippen LogP contribution is 2.28. The van der Waals surface area contributed by atoms with Gasteiger partial charge in [0.15, 0.2) is 5.78 Å². The molecule has 2 amide bonds. The van der Waals surface area contributed by atoms with E-state index in [1.807, 2.05) is 0 Å². The van der Waals surface area contributed by atoms with Crippen molar-refractivity contribution in [3.8, 4) is 5.75 Å². The highest BCUT2D eigenvalue weighted by molar-refractivity contribution is 6.03. The molecule has 1 aliphatic heterocycles. The van der Waals surface area contributed by atoms with Gasteiger partial charge in [-0.2, -0.15) is 0 Å². The van der Waals surface area contributed by atoms with E-state index < -0.39 is 0 Å². The van der Waals surface area contributed by atoms with Crippen LogP contribution >= 0.6 is 0 Å². The summed E-state index contributed by atoms with van der Waals surface area (Å²) in [5, 5.41) is 2.74. The van der Waals surface area contributed by atoms with Gasteiger partial charge in [0.1, 0.15) is 5.75 Å². The summed E-state index contributed by atoms with van der Waals surface area (Å²) in [5.74, 6) is 0.403. The highest BCUT2D eigenvalue weighted by atomic mass is 16.5. The molecular formula is C20H20N2O4. The molecule has 0 saturated heterocycles. The first-order chi connectivity index (χ1) is 12.5. The molecule has 0 atom stereocenters. The molecule has 1 N–H and O–H groups in total. The van der Waals surface area contributed by atoms with Gasteiger partial charge in [0.25, 0.3) is 5.91 Å². The Morgan fingerprint density at radius 2 is 1.81 bits per heavy atom. The quantitative estimate of drug-likeness (QED) is 0.809. The number of likely N-dealkylation sites (N-methyl/N-ethyl adjacent to an activating group) is 1. The van der Waals surface area contributed by atoms with Gasteiger partial charge in [-0.15, -0.1) is 0 Å². The smallest absolute Gasteiger partial charge is 0.251 e. The number of ketones is 1. The summed E-state index contributed by atoms with van der Waals surface area (Å²) in [4.78, 5) is 37.7. The van der Waals surface area contributed by atoms with Gasteiger partial charge in [-0.1, -0.05) is 0 Å². The SMILES string of the molecule is COc1ccc(C(=O)NCCC(=O)c2ccc3c(c2)CC(=O)N3C)cc1. The minimum absolute atomic E-state index is 0.0244. The zero-order valence-corrected chi connectivity index (χ0v) is 14.7. The van der Waals surface area contributed by atoms with E-state index >= 15 is 0 Å². The van der Waals surface area contributed by atoms with Gasteiger partial charge in [0.2, 0.25) is 5.91 Å². The topological polar surface area (TPSA) is 75.7 Å². The van der Waals surface area contributed by atoms with Gasteiger partial charge >= 0.3 is 0 Å². The van der Waals surface area contributed by atoms with Crippen LogP contribution in [0, 0.1) is 0 Å². The number of benzene rings is 2. The van der Waals surface area contributed by atoms with Crippen LogP contribution in [0.1, 0.15) is 32.7 Å². The van der Waals surface area contributed by atoms with Gasteiger partial charge in [0, 0.05) is 36.8 Å². The number of hydrogen-bond donors (Lipinski definition) is 1. The predicted octanol–water partition coefficient (Wildman–Crippen LogP) is 2.22. The third kappa shape index (κ3) is 3.59. The van der Waals surface area contributed by atoms with Crippen molar-refractivity contribution in [2.45, 2.75) is 12.8 Å². The van der Waals surface area contributed by atoms with Crippen LogP contribution in [0.2, 0.25) is 0 Å². The van der Waals surface area contributed by atoms with Gasteiger partial charge < -0.3 is 15.0 Å². The Bertz CT molecular complexity index is 859. The molecular weight excluding hydrogens is 332 g/mol. The number of carbonyl (C=O) groups is 3. The lowest BCUT2D eigenvalue weighted by Crippen LogP contribution is -2.26. The Morgan fingerprint density at radius 1 is 1.12 bits per heavy atom. The van der Waals surface area contributed by atoms with Crippen molar-refractivity contribution in [3.05, 3.63) is 59.2 Å². The Kier molecular flexibility index (Phi) is 5.02. The van der Waals surface area contributed by atoms with Crippen molar-refractivity contribution in [2.75, 3.05) is 25.6 Å². The van der Waals surface area contributed by atoms with E-state index in [2.05, 4.69) is 5.32 Å². The van der Waals surface area contributed by atoms with Crippen molar-refractivity contribution in [1.82, 2.24) is 5.32 Å². The van der Waals surface area contributed by atoms with Crippen LogP contribution in [0.15, 0.2) is 42.5 Å². The molecule has 0 radical (unpaired) electrons. The summed E-state index contributed by atoms with van der Waals surface area (Å²) in [6.07, 6.45) is 0.519. The lowest BCUT2D eigenvalue weighted by atomic mass is 10.0. The second kappa shape index (κ2) is 7.39. The first kappa shape index (κ1) is 17.7. The zero-order valence-electron chi connectivity index (χ0n) is 14.7. The van der Waals surface area contributed by atoms with Crippen LogP contribution in [-0.4, -0.2) is 38.3 Å². The molecule has 0 bridgehead atoms. The van der Waals surface area contributed by atoms with Crippen molar-refractivity contribution in [2.24, 2.45) is 0 Å². The number of ether oxygens (including phenoxy) is 1. The molecule has 26 heavy (non-hydrogen) atoms. The summed E-state index contributed by atoms with van der Waals surface area (Å²) in [5.41, 5.74) is 2.79. The third-order valence-electron chi connectivity index (χ3n) is 4.47. The van der Waals surface area contributed by atoms with Crippen LogP contribution in [0.5, 0.6) is 5.75 Å². The maximum absolute atomic E-state index is 12.3. The van der Waals surface area contributed by atoms with Crippen LogP contribution in [0.3, 0.4) is 0 Å². The van der Waals surface area contributed by atoms with Crippen LogP contribution < -0.4 is 15.0 Å². The van der Waals surface area contributed by atoms with Gasteiger partial charge in [0.05, 0.1) is 13.5 Å². The largest absolute Gasteiger partial charge is 0.497 e. The van der Waals surface area contributed by atoms with Crippen LogP contribution in [0.4, 0.5) is 5.69 Å². The van der Waals surface area contributed by atoms with E-state index in [1.165, 1.54) is 0 Å². The second-order valence-corrected chi connectivity index (χ2v) is 6.13. The Morgan fingerprint density at radius 3 is 2.50 bits per heavy atom. The fourth-order valence-corrected chi connectivity index (χ4v) is 2.92. The van der Waals surface area contributed by atoms with Crippen molar-refractivity contribution in [3.63, 3.8) is 0 Å². The highest BCUT2D eigenvalue weighted by Gasteiger charge is 2.24. The first-order valence-corrected chi connectivity index (χ1v) is 8.34. The maximum atomic E-state index is 12.3. The van der Waals surface area contributed by atoms with E-state index in [1.54, 1.807) is 61.5 Å². The number of nitrogens with zero attached hydrogens (tertiary/aromatic N) is 1. The molecule has 0 aromatic heterocycles. The van der Waals surface area contributed by atoms with Gasteiger partial charge in [-0.3, -0.25) is 14.4 Å². The molecule has 1 aliphatic rings. The number of fused-ring (bicyclic) bond motifs is 1. The molecule has 0 saturated carbocycles. The average molecular weight is 352 g/mol. The summed E-state index contributed by atoms with van der Waals surface area (Å²) in [6.45, 7) is 0.250. The van der Waals surface area contributed by atoms with Crippen LogP contribution in [0.25, 0.3) is 0 Å². The monoisotopic (exact) mass is 352 g/mol. The average Bonchev–Trinajstić information content (AvgIpc) is 2.95. The number of rotatable bonds is 6. The number of amides is 2.